The smallest absolute Gasteiger partial charge is 0.216 e. The van der Waals surface area contributed by atoms with E-state index in [9.17, 15) is 4.79 Å². The van der Waals surface area contributed by atoms with Crippen molar-refractivity contribution in [3.8, 4) is 17.2 Å². The van der Waals surface area contributed by atoms with Crippen molar-refractivity contribution < 1.29 is 19.0 Å². The molecule has 2 aromatic rings. The fourth-order valence-corrected chi connectivity index (χ4v) is 2.97. The second-order valence-corrected chi connectivity index (χ2v) is 6.63. The topological polar surface area (TPSA) is 44.8 Å². The van der Waals surface area contributed by atoms with Crippen LogP contribution in [0.15, 0.2) is 51.8 Å². The van der Waals surface area contributed by atoms with E-state index in [1.54, 1.807) is 33.5 Å². The molecule has 126 valence electrons. The Hall–Kier alpha value is -1.92. The van der Waals surface area contributed by atoms with E-state index >= 15 is 0 Å². The van der Waals surface area contributed by atoms with Gasteiger partial charge in [0.15, 0.2) is 11.5 Å². The van der Waals surface area contributed by atoms with Crippen molar-refractivity contribution in [3.63, 3.8) is 0 Å². The largest absolute Gasteiger partial charge is 0.493 e. The van der Waals surface area contributed by atoms with Gasteiger partial charge in [-0.25, -0.2) is 0 Å². The van der Waals surface area contributed by atoms with Gasteiger partial charge in [-0.1, -0.05) is 15.9 Å². The van der Waals surface area contributed by atoms with Gasteiger partial charge < -0.3 is 14.2 Å². The second kappa shape index (κ2) is 8.80. The second-order valence-electron chi connectivity index (χ2n) is 4.63. The monoisotopic (exact) mass is 408 g/mol. The van der Waals surface area contributed by atoms with Gasteiger partial charge in [0.05, 0.1) is 21.3 Å². The van der Waals surface area contributed by atoms with E-state index in [0.29, 0.717) is 17.2 Å². The van der Waals surface area contributed by atoms with Gasteiger partial charge in [-0.15, -0.1) is 0 Å². The number of thioether (sulfide) groups is 1. The van der Waals surface area contributed by atoms with E-state index in [4.69, 9.17) is 14.2 Å². The molecule has 0 aliphatic rings. The molecule has 24 heavy (non-hydrogen) atoms. The lowest BCUT2D eigenvalue weighted by atomic mass is 10.1. The molecule has 2 rings (SSSR count). The van der Waals surface area contributed by atoms with Gasteiger partial charge in [0.1, 0.15) is 0 Å². The maximum Gasteiger partial charge on any atom is 0.216 e. The highest BCUT2D eigenvalue weighted by Gasteiger charge is 2.14. The summed E-state index contributed by atoms with van der Waals surface area (Å²) in [7, 11) is 4.65. The van der Waals surface area contributed by atoms with Gasteiger partial charge in [0.25, 0.3) is 0 Å². The molecular weight excluding hydrogens is 392 g/mol. The van der Waals surface area contributed by atoms with Gasteiger partial charge in [0.2, 0.25) is 10.9 Å². The van der Waals surface area contributed by atoms with Gasteiger partial charge in [0, 0.05) is 14.9 Å². The maximum atomic E-state index is 12.1. The van der Waals surface area contributed by atoms with Crippen LogP contribution in [-0.4, -0.2) is 26.4 Å². The third-order valence-electron chi connectivity index (χ3n) is 3.17. The van der Waals surface area contributed by atoms with Crippen LogP contribution in [-0.2, 0) is 4.79 Å². The summed E-state index contributed by atoms with van der Waals surface area (Å²) in [5.41, 5.74) is 0.736. The van der Waals surface area contributed by atoms with E-state index < -0.39 is 0 Å². The van der Waals surface area contributed by atoms with Crippen molar-refractivity contribution in [2.75, 3.05) is 21.3 Å². The molecule has 0 unspecified atom stereocenters. The van der Waals surface area contributed by atoms with Crippen molar-refractivity contribution in [2.24, 2.45) is 0 Å². The van der Waals surface area contributed by atoms with Gasteiger partial charge in [-0.3, -0.25) is 4.79 Å². The Kier molecular flexibility index (Phi) is 6.75. The summed E-state index contributed by atoms with van der Waals surface area (Å²) in [5.74, 6) is 1.59. The quantitative estimate of drug-likeness (QED) is 0.506. The Morgan fingerprint density at radius 2 is 1.62 bits per heavy atom. The van der Waals surface area contributed by atoms with Crippen LogP contribution in [0.4, 0.5) is 0 Å². The Labute approximate surface area is 153 Å². The summed E-state index contributed by atoms with van der Waals surface area (Å²) in [6, 6.07) is 11.2. The third-order valence-corrected chi connectivity index (χ3v) is 4.54. The third kappa shape index (κ3) is 4.55. The highest BCUT2D eigenvalue weighted by Crippen LogP contribution is 2.40. The number of benzene rings is 2. The van der Waals surface area contributed by atoms with Crippen molar-refractivity contribution in [2.45, 2.75) is 4.90 Å². The standard InChI is InChI=1S/C18H17BrO4S/c1-21-15-10-4-12(17(22-2)18(15)23-3)5-11-16(20)24-14-8-6-13(19)7-9-14/h4-11H,1-3H3/b11-5+. The highest BCUT2D eigenvalue weighted by molar-refractivity contribution is 9.10. The van der Waals surface area contributed by atoms with Crippen molar-refractivity contribution in [3.05, 3.63) is 52.5 Å². The molecule has 0 heterocycles. The van der Waals surface area contributed by atoms with Crippen LogP contribution in [0, 0.1) is 0 Å². The molecule has 2 aromatic carbocycles. The lowest BCUT2D eigenvalue weighted by Gasteiger charge is -2.13. The van der Waals surface area contributed by atoms with E-state index in [0.717, 1.165) is 26.7 Å². The first-order valence-corrected chi connectivity index (χ1v) is 8.64. The van der Waals surface area contributed by atoms with Crippen LogP contribution >= 0.6 is 27.7 Å². The molecule has 0 N–H and O–H groups in total. The molecule has 0 amide bonds. The molecule has 0 aliphatic heterocycles. The zero-order valence-corrected chi connectivity index (χ0v) is 15.9. The summed E-state index contributed by atoms with van der Waals surface area (Å²) in [6.45, 7) is 0. The molecule has 0 aliphatic carbocycles. The van der Waals surface area contributed by atoms with Gasteiger partial charge in [-0.2, -0.15) is 0 Å². The summed E-state index contributed by atoms with van der Waals surface area (Å²) in [6.07, 6.45) is 3.21. The van der Waals surface area contributed by atoms with E-state index in [1.165, 1.54) is 6.08 Å². The van der Waals surface area contributed by atoms with Crippen LogP contribution in [0.5, 0.6) is 17.2 Å². The minimum Gasteiger partial charge on any atom is -0.493 e. The molecule has 0 aromatic heterocycles. The summed E-state index contributed by atoms with van der Waals surface area (Å²) in [5, 5.41) is -0.0749. The fraction of sp³-hybridized carbons (Fsp3) is 0.167. The molecule has 0 spiro atoms. The number of rotatable bonds is 6. The van der Waals surface area contributed by atoms with Crippen LogP contribution < -0.4 is 14.2 Å². The van der Waals surface area contributed by atoms with Crippen LogP contribution in [0.25, 0.3) is 6.08 Å². The van der Waals surface area contributed by atoms with Crippen LogP contribution in [0.3, 0.4) is 0 Å². The van der Waals surface area contributed by atoms with E-state index in [-0.39, 0.29) is 5.12 Å². The number of methoxy groups -OCH3 is 3. The molecular formula is C18H17BrO4S. The van der Waals surface area contributed by atoms with Crippen molar-refractivity contribution in [1.82, 2.24) is 0 Å². The Morgan fingerprint density at radius 1 is 0.958 bits per heavy atom. The normalized spacial score (nSPS) is 10.7. The van der Waals surface area contributed by atoms with Gasteiger partial charge in [-0.05, 0) is 60.3 Å². The van der Waals surface area contributed by atoms with E-state index in [2.05, 4.69) is 15.9 Å². The number of carbonyl (C=O) groups excluding carboxylic acids is 1. The molecule has 0 saturated carbocycles. The summed E-state index contributed by atoms with van der Waals surface area (Å²) >= 11 is 4.53. The Morgan fingerprint density at radius 3 is 2.21 bits per heavy atom. The predicted molar refractivity (Wildman–Crippen MR) is 100 cm³/mol. The number of hydrogen-bond donors (Lipinski definition) is 0. The first kappa shape index (κ1) is 18.4. The summed E-state index contributed by atoms with van der Waals surface area (Å²) in [4.78, 5) is 13.0. The first-order chi connectivity index (χ1) is 11.6. The molecule has 0 radical (unpaired) electrons. The zero-order valence-electron chi connectivity index (χ0n) is 13.5. The number of hydrogen-bond acceptors (Lipinski definition) is 5. The van der Waals surface area contributed by atoms with Crippen LogP contribution in [0.2, 0.25) is 0 Å². The average molecular weight is 409 g/mol. The molecule has 0 bridgehead atoms. The Bertz CT molecular complexity index is 741. The molecule has 0 fully saturated rings. The molecule has 0 atom stereocenters. The number of halogens is 1. The maximum absolute atomic E-state index is 12.1. The lowest BCUT2D eigenvalue weighted by Crippen LogP contribution is -1.96. The number of carbonyl (C=O) groups is 1. The molecule has 6 heteroatoms. The van der Waals surface area contributed by atoms with Gasteiger partial charge >= 0.3 is 0 Å². The van der Waals surface area contributed by atoms with Crippen molar-refractivity contribution in [1.29, 1.82) is 0 Å². The minimum absolute atomic E-state index is 0.0749. The number of ether oxygens (including phenoxy) is 3. The summed E-state index contributed by atoms with van der Waals surface area (Å²) < 4.78 is 16.9. The molecule has 4 nitrogen and oxygen atoms in total. The van der Waals surface area contributed by atoms with E-state index in [1.807, 2.05) is 30.3 Å². The predicted octanol–water partition coefficient (Wildman–Crippen LogP) is 4.81. The Balaban J connectivity index is 2.18. The average Bonchev–Trinajstić information content (AvgIpc) is 2.60. The SMILES string of the molecule is COc1ccc(/C=C/C(=O)Sc2ccc(Br)cc2)c(OC)c1OC. The van der Waals surface area contributed by atoms with Crippen LogP contribution in [0.1, 0.15) is 5.56 Å². The molecule has 0 saturated heterocycles. The zero-order chi connectivity index (χ0) is 17.5. The fourth-order valence-electron chi connectivity index (χ4n) is 2.07. The highest BCUT2D eigenvalue weighted by atomic mass is 79.9. The van der Waals surface area contributed by atoms with Crippen molar-refractivity contribution >= 4 is 38.9 Å². The minimum atomic E-state index is -0.0749. The lowest BCUT2D eigenvalue weighted by molar-refractivity contribution is -0.107. The first-order valence-electron chi connectivity index (χ1n) is 7.03.